The van der Waals surface area contributed by atoms with E-state index in [1.807, 2.05) is 12.1 Å². The first-order valence-corrected chi connectivity index (χ1v) is 9.70. The first-order chi connectivity index (χ1) is 13.2. The van der Waals surface area contributed by atoms with Gasteiger partial charge in [0, 0.05) is 26.8 Å². The molecule has 1 saturated carbocycles. The zero-order valence-electron chi connectivity index (χ0n) is 16.7. The second kappa shape index (κ2) is 11.4. The van der Waals surface area contributed by atoms with Crippen molar-refractivity contribution >= 4 is 29.9 Å². The fraction of sp³-hybridized carbons (Fsp3) is 0.550. The Morgan fingerprint density at radius 2 is 2.04 bits per heavy atom. The van der Waals surface area contributed by atoms with E-state index >= 15 is 0 Å². The van der Waals surface area contributed by atoms with Crippen molar-refractivity contribution in [2.75, 3.05) is 26.8 Å². The van der Waals surface area contributed by atoms with E-state index in [0.29, 0.717) is 12.0 Å². The highest BCUT2D eigenvalue weighted by Gasteiger charge is 2.36. The summed E-state index contributed by atoms with van der Waals surface area (Å²) in [7, 11) is 1.78. The van der Waals surface area contributed by atoms with E-state index in [9.17, 15) is 0 Å². The largest absolute Gasteiger partial charge is 0.385 e. The molecule has 154 valence electrons. The standard InChI is InChI=1S/C20H30N6O.HI/c1-3-22-19(24-14-20(9-4-10-20)11-12-27-2)23-13-17-5-7-18(8-6-17)26-16-21-15-25-26;/h5-8,15-16H,3-4,9-14H2,1-2H3,(H2,22,23,24);1H. The molecule has 0 saturated heterocycles. The van der Waals surface area contributed by atoms with Crippen molar-refractivity contribution in [3.63, 3.8) is 0 Å². The predicted octanol–water partition coefficient (Wildman–Crippen LogP) is 3.15. The van der Waals surface area contributed by atoms with Crippen LogP contribution in [-0.4, -0.2) is 47.5 Å². The van der Waals surface area contributed by atoms with Crippen LogP contribution in [0.1, 0.15) is 38.2 Å². The van der Waals surface area contributed by atoms with Gasteiger partial charge in [-0.2, -0.15) is 5.10 Å². The summed E-state index contributed by atoms with van der Waals surface area (Å²) < 4.78 is 7.03. The van der Waals surface area contributed by atoms with Gasteiger partial charge in [0.25, 0.3) is 0 Å². The van der Waals surface area contributed by atoms with Gasteiger partial charge in [0.05, 0.1) is 12.2 Å². The minimum Gasteiger partial charge on any atom is -0.385 e. The van der Waals surface area contributed by atoms with Gasteiger partial charge in [-0.25, -0.2) is 14.7 Å². The molecule has 0 radical (unpaired) electrons. The van der Waals surface area contributed by atoms with Gasteiger partial charge in [-0.15, -0.1) is 24.0 Å². The molecular weight excluding hydrogens is 467 g/mol. The molecule has 8 heteroatoms. The number of guanidine groups is 1. The van der Waals surface area contributed by atoms with Crippen molar-refractivity contribution in [3.8, 4) is 5.69 Å². The van der Waals surface area contributed by atoms with Crippen LogP contribution in [-0.2, 0) is 11.3 Å². The van der Waals surface area contributed by atoms with Crippen LogP contribution in [0.4, 0.5) is 0 Å². The summed E-state index contributed by atoms with van der Waals surface area (Å²) in [5.41, 5.74) is 2.52. The Labute approximate surface area is 184 Å². The van der Waals surface area contributed by atoms with Gasteiger partial charge < -0.3 is 15.4 Å². The maximum atomic E-state index is 5.29. The number of hydrogen-bond acceptors (Lipinski definition) is 4. The molecule has 0 unspecified atom stereocenters. The molecule has 1 aromatic carbocycles. The third kappa shape index (κ3) is 6.16. The molecule has 1 aliphatic carbocycles. The maximum Gasteiger partial charge on any atom is 0.191 e. The van der Waals surface area contributed by atoms with Gasteiger partial charge in [0.2, 0.25) is 0 Å². The second-order valence-corrected chi connectivity index (χ2v) is 7.15. The highest BCUT2D eigenvalue weighted by molar-refractivity contribution is 14.0. The normalized spacial score (nSPS) is 15.4. The third-order valence-electron chi connectivity index (χ3n) is 5.27. The van der Waals surface area contributed by atoms with Crippen LogP contribution in [0.3, 0.4) is 0 Å². The summed E-state index contributed by atoms with van der Waals surface area (Å²) in [4.78, 5) is 8.72. The van der Waals surface area contributed by atoms with Crippen LogP contribution in [0.25, 0.3) is 5.69 Å². The number of hydrogen-bond donors (Lipinski definition) is 2. The van der Waals surface area contributed by atoms with Gasteiger partial charge in [0.1, 0.15) is 12.7 Å². The molecule has 0 amide bonds. The zero-order chi connectivity index (χ0) is 19.0. The molecule has 0 aliphatic heterocycles. The average Bonchev–Trinajstić information content (AvgIpc) is 3.20. The zero-order valence-corrected chi connectivity index (χ0v) is 19.1. The van der Waals surface area contributed by atoms with Crippen molar-refractivity contribution in [2.45, 2.75) is 39.2 Å². The fourth-order valence-electron chi connectivity index (χ4n) is 3.39. The first-order valence-electron chi connectivity index (χ1n) is 9.70. The Bertz CT molecular complexity index is 713. The molecule has 0 atom stereocenters. The van der Waals surface area contributed by atoms with Gasteiger partial charge >= 0.3 is 0 Å². The van der Waals surface area contributed by atoms with Crippen LogP contribution in [0.5, 0.6) is 0 Å². The Morgan fingerprint density at radius 3 is 2.61 bits per heavy atom. The number of nitrogens with one attached hydrogen (secondary N) is 2. The number of nitrogens with zero attached hydrogens (tertiary/aromatic N) is 4. The van der Waals surface area contributed by atoms with E-state index in [-0.39, 0.29) is 24.0 Å². The van der Waals surface area contributed by atoms with Gasteiger partial charge in [-0.05, 0) is 49.3 Å². The summed E-state index contributed by atoms with van der Waals surface area (Å²) in [5, 5.41) is 11.0. The summed E-state index contributed by atoms with van der Waals surface area (Å²) in [5.74, 6) is 0.876. The fourth-order valence-corrected chi connectivity index (χ4v) is 3.39. The monoisotopic (exact) mass is 498 g/mol. The molecule has 3 rings (SSSR count). The quantitative estimate of drug-likeness (QED) is 0.316. The van der Waals surface area contributed by atoms with E-state index < -0.39 is 0 Å². The number of rotatable bonds is 9. The smallest absolute Gasteiger partial charge is 0.191 e. The van der Waals surface area contributed by atoms with Crippen molar-refractivity contribution in [2.24, 2.45) is 10.4 Å². The molecule has 28 heavy (non-hydrogen) atoms. The summed E-state index contributed by atoms with van der Waals surface area (Å²) in [6, 6.07) is 8.23. The molecule has 2 aromatic rings. The van der Waals surface area contributed by atoms with E-state index in [1.165, 1.54) is 25.6 Å². The molecule has 2 N–H and O–H groups in total. The summed E-state index contributed by atoms with van der Waals surface area (Å²) in [6.45, 7) is 5.36. The lowest BCUT2D eigenvalue weighted by Gasteiger charge is -2.42. The molecular formula is C20H31IN6O. The lowest BCUT2D eigenvalue weighted by Crippen LogP contribution is -2.46. The lowest BCUT2D eigenvalue weighted by atomic mass is 9.67. The van der Waals surface area contributed by atoms with Crippen molar-refractivity contribution < 1.29 is 4.74 Å². The van der Waals surface area contributed by atoms with Gasteiger partial charge in [0.15, 0.2) is 5.96 Å². The molecule has 1 fully saturated rings. The van der Waals surface area contributed by atoms with E-state index in [0.717, 1.165) is 43.3 Å². The minimum atomic E-state index is 0. The Hall–Kier alpha value is -1.68. The Balaban J connectivity index is 0.00000280. The molecule has 0 spiro atoms. The highest BCUT2D eigenvalue weighted by atomic mass is 127. The molecule has 1 aliphatic rings. The van der Waals surface area contributed by atoms with E-state index in [1.54, 1.807) is 18.1 Å². The number of methoxy groups -OCH3 is 1. The van der Waals surface area contributed by atoms with Crippen LogP contribution < -0.4 is 10.6 Å². The molecule has 0 bridgehead atoms. The van der Waals surface area contributed by atoms with Crippen LogP contribution in [0.2, 0.25) is 0 Å². The Morgan fingerprint density at radius 1 is 1.25 bits per heavy atom. The number of aromatic nitrogens is 3. The second-order valence-electron chi connectivity index (χ2n) is 7.15. The summed E-state index contributed by atoms with van der Waals surface area (Å²) in [6.07, 6.45) is 8.20. The molecule has 1 aromatic heterocycles. The molecule has 1 heterocycles. The van der Waals surface area contributed by atoms with Crippen molar-refractivity contribution in [1.82, 2.24) is 25.4 Å². The van der Waals surface area contributed by atoms with Gasteiger partial charge in [-0.3, -0.25) is 0 Å². The van der Waals surface area contributed by atoms with Crippen LogP contribution in [0, 0.1) is 5.41 Å². The average molecular weight is 498 g/mol. The number of aliphatic imine (C=N–C) groups is 1. The number of halogens is 1. The van der Waals surface area contributed by atoms with Crippen LogP contribution >= 0.6 is 24.0 Å². The number of benzene rings is 1. The predicted molar refractivity (Wildman–Crippen MR) is 122 cm³/mol. The van der Waals surface area contributed by atoms with E-state index in [4.69, 9.17) is 9.73 Å². The van der Waals surface area contributed by atoms with Crippen molar-refractivity contribution in [1.29, 1.82) is 0 Å². The number of ether oxygens (including phenoxy) is 1. The lowest BCUT2D eigenvalue weighted by molar-refractivity contribution is 0.0732. The highest BCUT2D eigenvalue weighted by Crippen LogP contribution is 2.43. The maximum absolute atomic E-state index is 5.29. The summed E-state index contributed by atoms with van der Waals surface area (Å²) >= 11 is 0. The van der Waals surface area contributed by atoms with Crippen molar-refractivity contribution in [3.05, 3.63) is 42.5 Å². The topological polar surface area (TPSA) is 76.4 Å². The first kappa shape index (κ1) is 22.6. The SMILES string of the molecule is CCNC(=NCc1ccc(-n2cncn2)cc1)NCC1(CCOC)CCC1.I. The Kier molecular flexibility index (Phi) is 9.17. The van der Waals surface area contributed by atoms with Crippen LogP contribution in [0.15, 0.2) is 41.9 Å². The third-order valence-corrected chi connectivity index (χ3v) is 5.27. The van der Waals surface area contributed by atoms with E-state index in [2.05, 4.69) is 39.8 Å². The minimum absolute atomic E-state index is 0. The molecule has 7 nitrogen and oxygen atoms in total. The van der Waals surface area contributed by atoms with Gasteiger partial charge in [-0.1, -0.05) is 18.6 Å².